The number of nitrogens with one attached hydrogen (secondary N) is 1. The first kappa shape index (κ1) is 17.9. The van der Waals surface area contributed by atoms with Crippen molar-refractivity contribution in [2.24, 2.45) is 4.99 Å². The highest BCUT2D eigenvalue weighted by Gasteiger charge is 2.15. The SMILES string of the molecule is CCNC(=NCCCCSC)N1CC=C(c2ccccc2)CC1. The Hall–Kier alpha value is -1.42. The van der Waals surface area contributed by atoms with E-state index >= 15 is 0 Å². The van der Waals surface area contributed by atoms with Gasteiger partial charge in [0.25, 0.3) is 0 Å². The number of rotatable bonds is 7. The van der Waals surface area contributed by atoms with Gasteiger partial charge in [-0.2, -0.15) is 11.8 Å². The number of guanidine groups is 1. The Kier molecular flexibility index (Phi) is 8.08. The summed E-state index contributed by atoms with van der Waals surface area (Å²) in [5.74, 6) is 2.30. The van der Waals surface area contributed by atoms with Crippen molar-refractivity contribution in [2.45, 2.75) is 26.2 Å². The smallest absolute Gasteiger partial charge is 0.194 e. The van der Waals surface area contributed by atoms with E-state index in [1.165, 1.54) is 29.7 Å². The van der Waals surface area contributed by atoms with E-state index in [-0.39, 0.29) is 0 Å². The van der Waals surface area contributed by atoms with E-state index in [0.717, 1.165) is 38.6 Å². The first-order valence-corrected chi connectivity index (χ1v) is 10.0. The highest BCUT2D eigenvalue weighted by atomic mass is 32.2. The van der Waals surface area contributed by atoms with Crippen molar-refractivity contribution in [3.8, 4) is 0 Å². The van der Waals surface area contributed by atoms with Crippen LogP contribution in [0.15, 0.2) is 41.4 Å². The van der Waals surface area contributed by atoms with Crippen LogP contribution in [0.25, 0.3) is 5.57 Å². The number of thioether (sulfide) groups is 1. The molecule has 0 amide bonds. The highest BCUT2D eigenvalue weighted by Crippen LogP contribution is 2.21. The molecular formula is C19H29N3S. The Labute approximate surface area is 145 Å². The Balaban J connectivity index is 1.91. The predicted octanol–water partition coefficient (Wildman–Crippen LogP) is 3.88. The molecule has 0 aliphatic carbocycles. The Morgan fingerprint density at radius 1 is 1.26 bits per heavy atom. The van der Waals surface area contributed by atoms with Crippen LogP contribution in [-0.2, 0) is 0 Å². The molecule has 0 aromatic heterocycles. The fraction of sp³-hybridized carbons (Fsp3) is 0.526. The van der Waals surface area contributed by atoms with Gasteiger partial charge in [0.2, 0.25) is 0 Å². The van der Waals surface area contributed by atoms with Crippen LogP contribution in [-0.4, -0.2) is 49.0 Å². The fourth-order valence-electron chi connectivity index (χ4n) is 2.74. The molecule has 1 aromatic rings. The summed E-state index contributed by atoms with van der Waals surface area (Å²) in [6.45, 7) is 5.97. The average molecular weight is 332 g/mol. The summed E-state index contributed by atoms with van der Waals surface area (Å²) in [5.41, 5.74) is 2.81. The molecule has 1 aromatic carbocycles. The van der Waals surface area contributed by atoms with Crippen molar-refractivity contribution >= 4 is 23.3 Å². The third-order valence-electron chi connectivity index (χ3n) is 4.01. The first-order chi connectivity index (χ1) is 11.3. The van der Waals surface area contributed by atoms with E-state index < -0.39 is 0 Å². The first-order valence-electron chi connectivity index (χ1n) is 8.61. The van der Waals surface area contributed by atoms with Gasteiger partial charge in [0.15, 0.2) is 5.96 Å². The molecule has 23 heavy (non-hydrogen) atoms. The van der Waals surface area contributed by atoms with Gasteiger partial charge in [-0.25, -0.2) is 0 Å². The molecule has 0 radical (unpaired) electrons. The van der Waals surface area contributed by atoms with E-state index in [2.05, 4.69) is 59.8 Å². The lowest BCUT2D eigenvalue weighted by molar-refractivity contribution is 0.439. The second kappa shape index (κ2) is 10.4. The van der Waals surface area contributed by atoms with Crippen molar-refractivity contribution in [3.63, 3.8) is 0 Å². The van der Waals surface area contributed by atoms with Gasteiger partial charge in [-0.1, -0.05) is 36.4 Å². The summed E-state index contributed by atoms with van der Waals surface area (Å²) in [6.07, 6.45) is 8.02. The molecule has 1 N–H and O–H groups in total. The molecule has 1 aliphatic rings. The van der Waals surface area contributed by atoms with Gasteiger partial charge in [-0.3, -0.25) is 4.99 Å². The number of benzene rings is 1. The standard InChI is InChI=1S/C19H29N3S/c1-3-20-19(21-13-7-8-16-23-2)22-14-11-18(12-15-22)17-9-5-4-6-10-17/h4-6,9-11H,3,7-8,12-16H2,1-2H3,(H,20,21). The molecule has 0 saturated heterocycles. The van der Waals surface area contributed by atoms with Crippen molar-refractivity contribution in [3.05, 3.63) is 42.0 Å². The molecule has 4 heteroatoms. The lowest BCUT2D eigenvalue weighted by Gasteiger charge is -2.30. The normalized spacial score (nSPS) is 15.5. The highest BCUT2D eigenvalue weighted by molar-refractivity contribution is 7.98. The van der Waals surface area contributed by atoms with Crippen molar-refractivity contribution in [2.75, 3.05) is 38.2 Å². The summed E-state index contributed by atoms with van der Waals surface area (Å²) < 4.78 is 0. The van der Waals surface area contributed by atoms with Gasteiger partial charge in [0.1, 0.15) is 0 Å². The second-order valence-corrected chi connectivity index (χ2v) is 6.71. The summed E-state index contributed by atoms with van der Waals surface area (Å²) in [7, 11) is 0. The Bertz CT molecular complexity index is 511. The molecule has 0 bridgehead atoms. The van der Waals surface area contributed by atoms with Crippen LogP contribution in [0.3, 0.4) is 0 Å². The zero-order valence-electron chi connectivity index (χ0n) is 14.4. The van der Waals surface area contributed by atoms with Crippen LogP contribution in [0.2, 0.25) is 0 Å². The fourth-order valence-corrected chi connectivity index (χ4v) is 3.24. The molecule has 0 unspecified atom stereocenters. The zero-order valence-corrected chi connectivity index (χ0v) is 15.2. The van der Waals surface area contributed by atoms with Crippen LogP contribution < -0.4 is 5.32 Å². The molecule has 0 fully saturated rings. The lowest BCUT2D eigenvalue weighted by Crippen LogP contribution is -2.43. The van der Waals surface area contributed by atoms with Gasteiger partial charge in [0, 0.05) is 26.2 Å². The Morgan fingerprint density at radius 3 is 2.74 bits per heavy atom. The topological polar surface area (TPSA) is 27.6 Å². The van der Waals surface area contributed by atoms with Gasteiger partial charge in [-0.05, 0) is 49.3 Å². The molecule has 0 atom stereocenters. The van der Waals surface area contributed by atoms with Crippen LogP contribution in [0.5, 0.6) is 0 Å². The zero-order chi connectivity index (χ0) is 16.3. The van der Waals surface area contributed by atoms with E-state index in [9.17, 15) is 0 Å². The molecule has 0 saturated carbocycles. The van der Waals surface area contributed by atoms with E-state index in [1.807, 2.05) is 11.8 Å². The summed E-state index contributed by atoms with van der Waals surface area (Å²) in [5, 5.41) is 3.44. The van der Waals surface area contributed by atoms with E-state index in [4.69, 9.17) is 4.99 Å². The molecule has 3 nitrogen and oxygen atoms in total. The third-order valence-corrected chi connectivity index (χ3v) is 4.70. The quantitative estimate of drug-likeness (QED) is 0.467. The van der Waals surface area contributed by atoms with E-state index in [0.29, 0.717) is 0 Å². The molecule has 126 valence electrons. The minimum Gasteiger partial charge on any atom is -0.357 e. The minimum absolute atomic E-state index is 0.925. The summed E-state index contributed by atoms with van der Waals surface area (Å²) in [6, 6.07) is 10.7. The molecule has 2 rings (SSSR count). The van der Waals surface area contributed by atoms with Crippen molar-refractivity contribution in [1.82, 2.24) is 10.2 Å². The minimum atomic E-state index is 0.925. The maximum Gasteiger partial charge on any atom is 0.194 e. The van der Waals surface area contributed by atoms with E-state index in [1.54, 1.807) is 0 Å². The van der Waals surface area contributed by atoms with Crippen LogP contribution in [0, 0.1) is 0 Å². The number of aliphatic imine (C=N–C) groups is 1. The number of hydrogen-bond acceptors (Lipinski definition) is 2. The number of unbranched alkanes of at least 4 members (excludes halogenated alkanes) is 1. The summed E-state index contributed by atoms with van der Waals surface area (Å²) >= 11 is 1.91. The largest absolute Gasteiger partial charge is 0.357 e. The third kappa shape index (κ3) is 5.94. The van der Waals surface area contributed by atoms with Gasteiger partial charge in [-0.15, -0.1) is 0 Å². The van der Waals surface area contributed by atoms with Crippen LogP contribution in [0.1, 0.15) is 31.7 Å². The lowest BCUT2D eigenvalue weighted by atomic mass is 10.00. The maximum atomic E-state index is 4.80. The Morgan fingerprint density at radius 2 is 2.09 bits per heavy atom. The molecular weight excluding hydrogens is 302 g/mol. The van der Waals surface area contributed by atoms with Crippen molar-refractivity contribution in [1.29, 1.82) is 0 Å². The summed E-state index contributed by atoms with van der Waals surface area (Å²) in [4.78, 5) is 7.17. The molecule has 1 aliphatic heterocycles. The van der Waals surface area contributed by atoms with Gasteiger partial charge < -0.3 is 10.2 Å². The van der Waals surface area contributed by atoms with Crippen LogP contribution >= 0.6 is 11.8 Å². The van der Waals surface area contributed by atoms with Gasteiger partial charge >= 0.3 is 0 Å². The average Bonchev–Trinajstić information content (AvgIpc) is 2.61. The number of hydrogen-bond donors (Lipinski definition) is 1. The monoisotopic (exact) mass is 331 g/mol. The molecule has 0 spiro atoms. The van der Waals surface area contributed by atoms with Gasteiger partial charge in [0.05, 0.1) is 0 Å². The van der Waals surface area contributed by atoms with Crippen LogP contribution in [0.4, 0.5) is 0 Å². The predicted molar refractivity (Wildman–Crippen MR) is 104 cm³/mol. The second-order valence-electron chi connectivity index (χ2n) is 5.73. The number of nitrogens with zero attached hydrogens (tertiary/aromatic N) is 2. The molecule has 1 heterocycles. The maximum absolute atomic E-state index is 4.80. The van der Waals surface area contributed by atoms with Crippen molar-refractivity contribution < 1.29 is 0 Å².